The average molecular weight is 587 g/mol. The molecule has 1 aliphatic carbocycles. The predicted molar refractivity (Wildman–Crippen MR) is 191 cm³/mol. The topological polar surface area (TPSA) is 31.2 Å². The summed E-state index contributed by atoms with van der Waals surface area (Å²) in [6.07, 6.45) is 24.3. The van der Waals surface area contributed by atoms with E-state index in [9.17, 15) is 0 Å². The second-order valence-electron chi connectivity index (χ2n) is 12.7. The van der Waals surface area contributed by atoms with E-state index in [0.717, 1.165) is 48.2 Å². The molecule has 2 heterocycles. The summed E-state index contributed by atoms with van der Waals surface area (Å²) in [4.78, 5) is 14.4. The summed E-state index contributed by atoms with van der Waals surface area (Å²) in [5, 5.41) is 0. The molecule has 0 aromatic heterocycles. The highest BCUT2D eigenvalue weighted by molar-refractivity contribution is 6.12. The quantitative estimate of drug-likeness (QED) is 0.0827. The van der Waals surface area contributed by atoms with Gasteiger partial charge >= 0.3 is 0 Å². The molecule has 0 bridgehead atoms. The Balaban J connectivity index is 0.000000553. The van der Waals surface area contributed by atoms with Gasteiger partial charge in [0.1, 0.15) is 5.84 Å². The molecule has 43 heavy (non-hydrogen) atoms. The number of rotatable bonds is 15. The van der Waals surface area contributed by atoms with Gasteiger partial charge < -0.3 is 4.90 Å². The lowest BCUT2D eigenvalue weighted by Gasteiger charge is -2.34. The van der Waals surface area contributed by atoms with Crippen LogP contribution in [0.5, 0.6) is 0 Å². The van der Waals surface area contributed by atoms with Crippen LogP contribution in [0.3, 0.4) is 0 Å². The second kappa shape index (κ2) is 18.7. The third kappa shape index (κ3) is 11.6. The Hall–Kier alpha value is -2.88. The first-order valence-corrected chi connectivity index (χ1v) is 17.1. The first-order valence-electron chi connectivity index (χ1n) is 17.1. The lowest BCUT2D eigenvalue weighted by atomic mass is 9.99. The summed E-state index contributed by atoms with van der Waals surface area (Å²) in [6, 6.07) is 0. The molecule has 238 valence electrons. The maximum absolute atomic E-state index is 5.02. The van der Waals surface area contributed by atoms with Gasteiger partial charge in [0.25, 0.3) is 0 Å². The molecular formula is C39H62N4. The zero-order valence-corrected chi connectivity index (χ0v) is 29.4. The van der Waals surface area contributed by atoms with Crippen molar-refractivity contribution >= 4 is 11.5 Å². The first-order chi connectivity index (χ1) is 20.6. The van der Waals surface area contributed by atoms with Crippen molar-refractivity contribution < 1.29 is 0 Å². The molecule has 0 aromatic rings. The van der Waals surface area contributed by atoms with Gasteiger partial charge in [0.05, 0.1) is 17.1 Å². The van der Waals surface area contributed by atoms with E-state index in [4.69, 9.17) is 4.99 Å². The van der Waals surface area contributed by atoms with Gasteiger partial charge in [-0.1, -0.05) is 91.5 Å². The maximum atomic E-state index is 5.02. The van der Waals surface area contributed by atoms with Crippen molar-refractivity contribution in [2.45, 2.75) is 120 Å². The van der Waals surface area contributed by atoms with Gasteiger partial charge in [-0.3, -0.25) is 9.89 Å². The largest absolute Gasteiger partial charge is 0.370 e. The van der Waals surface area contributed by atoms with Crippen LogP contribution >= 0.6 is 0 Å². The summed E-state index contributed by atoms with van der Waals surface area (Å²) in [6.45, 7) is 26.5. The zero-order chi connectivity index (χ0) is 31.9. The molecule has 0 N–H and O–H groups in total. The van der Waals surface area contributed by atoms with Crippen molar-refractivity contribution in [3.05, 3.63) is 82.5 Å². The normalized spacial score (nSPS) is 17.6. The summed E-state index contributed by atoms with van der Waals surface area (Å²) >= 11 is 0. The molecule has 0 radical (unpaired) electrons. The van der Waals surface area contributed by atoms with Crippen molar-refractivity contribution in [2.75, 3.05) is 20.1 Å². The van der Waals surface area contributed by atoms with E-state index in [0.29, 0.717) is 5.92 Å². The lowest BCUT2D eigenvalue weighted by molar-refractivity contribution is 0.301. The van der Waals surface area contributed by atoms with E-state index in [1.165, 1.54) is 73.9 Å². The van der Waals surface area contributed by atoms with Crippen molar-refractivity contribution in [2.24, 2.45) is 21.8 Å². The van der Waals surface area contributed by atoms with Crippen LogP contribution < -0.4 is 0 Å². The molecule has 2 aliphatic heterocycles. The Labute approximate surface area is 265 Å². The van der Waals surface area contributed by atoms with Crippen molar-refractivity contribution in [3.8, 4) is 0 Å². The lowest BCUT2D eigenvalue weighted by Crippen LogP contribution is -2.34. The number of hydrogen-bond acceptors (Lipinski definition) is 4. The maximum Gasteiger partial charge on any atom is 0.137 e. The molecular weight excluding hydrogens is 524 g/mol. The standard InChI is InChI=1S/C29H42N4.C10H20/c1-8-10-11-16-32(19-21(3)4)25-14-15-29-31-27(18-28(24-12-13-24)33(29)20-25)26(30-7)17-23(6)22(5)9-2;1-5-7-8-10(4)9(3)6-2/h14-15,17-18,20-21H,5,8-13,16,19H2,1-4,6-7H3;8-9H,5-7H2,1-4H3/b23-17+,30-26?;10-8-. The number of amidine groups is 1. The number of nitrogens with zero attached hydrogens (tertiary/aromatic N) is 4. The van der Waals surface area contributed by atoms with E-state index in [2.05, 4.69) is 120 Å². The van der Waals surface area contributed by atoms with Crippen LogP contribution in [-0.2, 0) is 0 Å². The molecule has 4 heteroatoms. The Morgan fingerprint density at radius 2 is 1.79 bits per heavy atom. The van der Waals surface area contributed by atoms with Crippen molar-refractivity contribution in [1.29, 1.82) is 0 Å². The third-order valence-electron chi connectivity index (χ3n) is 8.51. The fourth-order valence-electron chi connectivity index (χ4n) is 5.08. The van der Waals surface area contributed by atoms with Gasteiger partial charge in [-0.05, 0) is 99.7 Å². The summed E-state index contributed by atoms with van der Waals surface area (Å²) in [5.41, 5.74) is 9.78. The molecule has 0 spiro atoms. The van der Waals surface area contributed by atoms with Crippen LogP contribution in [0.2, 0.25) is 0 Å². The Bertz CT molecular complexity index is 1180. The fourth-order valence-corrected chi connectivity index (χ4v) is 5.08. The van der Waals surface area contributed by atoms with Gasteiger partial charge in [0.2, 0.25) is 0 Å². The van der Waals surface area contributed by atoms with Gasteiger partial charge in [-0.15, -0.1) is 0 Å². The third-order valence-corrected chi connectivity index (χ3v) is 8.51. The number of aliphatic imine (C=N–C) groups is 2. The summed E-state index contributed by atoms with van der Waals surface area (Å²) in [5.74, 6) is 2.39. The minimum Gasteiger partial charge on any atom is -0.370 e. The molecule has 0 saturated heterocycles. The van der Waals surface area contributed by atoms with Crippen molar-refractivity contribution in [3.63, 3.8) is 0 Å². The van der Waals surface area contributed by atoms with Crippen LogP contribution in [0.15, 0.2) is 92.5 Å². The SMILES string of the molecule is C=C(CC)/C(C)=C/C(=NC)C1=CC(=C2CC2)N2C=C(N(CCCCC)CC(C)C)C=CC2=N1.CCC/C=C(/C)C(C)CC. The molecule has 1 atom stereocenters. The van der Waals surface area contributed by atoms with Gasteiger partial charge in [-0.25, -0.2) is 4.99 Å². The molecule has 1 saturated carbocycles. The first kappa shape index (κ1) is 36.3. The Morgan fingerprint density at radius 3 is 2.35 bits per heavy atom. The number of hydrogen-bond donors (Lipinski definition) is 0. The molecule has 4 nitrogen and oxygen atoms in total. The minimum absolute atomic E-state index is 0.626. The van der Waals surface area contributed by atoms with Crippen molar-refractivity contribution in [1.82, 2.24) is 9.80 Å². The van der Waals surface area contributed by atoms with Crippen LogP contribution in [-0.4, -0.2) is 41.5 Å². The Morgan fingerprint density at radius 1 is 1.07 bits per heavy atom. The summed E-state index contributed by atoms with van der Waals surface area (Å²) < 4.78 is 0. The smallest absolute Gasteiger partial charge is 0.137 e. The van der Waals surface area contributed by atoms with E-state index in [-0.39, 0.29) is 0 Å². The number of unbranched alkanes of at least 4 members (excludes halogenated alkanes) is 3. The second-order valence-corrected chi connectivity index (χ2v) is 12.7. The van der Waals surface area contributed by atoms with E-state index >= 15 is 0 Å². The summed E-state index contributed by atoms with van der Waals surface area (Å²) in [7, 11) is 1.85. The van der Waals surface area contributed by atoms with E-state index < -0.39 is 0 Å². The zero-order valence-electron chi connectivity index (χ0n) is 29.4. The molecule has 1 fully saturated rings. The van der Waals surface area contributed by atoms with Crippen LogP contribution in [0, 0.1) is 11.8 Å². The highest BCUT2D eigenvalue weighted by atomic mass is 15.2. The van der Waals surface area contributed by atoms with Crippen LogP contribution in [0.1, 0.15) is 120 Å². The minimum atomic E-state index is 0.626. The molecule has 3 rings (SSSR count). The average Bonchev–Trinajstić information content (AvgIpc) is 3.86. The molecule has 0 amide bonds. The highest BCUT2D eigenvalue weighted by Gasteiger charge is 2.29. The number of allylic oxidation sites excluding steroid dienone is 8. The molecule has 1 unspecified atom stereocenters. The van der Waals surface area contributed by atoms with Crippen LogP contribution in [0.4, 0.5) is 0 Å². The van der Waals surface area contributed by atoms with E-state index in [1.54, 1.807) is 5.57 Å². The molecule has 0 aromatic carbocycles. The monoisotopic (exact) mass is 586 g/mol. The van der Waals surface area contributed by atoms with Crippen LogP contribution in [0.25, 0.3) is 0 Å². The van der Waals surface area contributed by atoms with Gasteiger partial charge in [-0.2, -0.15) is 0 Å². The number of fused-ring (bicyclic) bond motifs is 1. The fraction of sp³-hybridized carbons (Fsp3) is 0.590. The highest BCUT2D eigenvalue weighted by Crippen LogP contribution is 2.38. The van der Waals surface area contributed by atoms with Gasteiger partial charge in [0.15, 0.2) is 0 Å². The van der Waals surface area contributed by atoms with Gasteiger partial charge in [0, 0.05) is 32.0 Å². The van der Waals surface area contributed by atoms with E-state index in [1.807, 2.05) is 7.05 Å². The Kier molecular flexibility index (Phi) is 15.8. The molecule has 3 aliphatic rings. The predicted octanol–water partition coefficient (Wildman–Crippen LogP) is 11.0.